The van der Waals surface area contributed by atoms with Gasteiger partial charge in [-0.1, -0.05) is 48.0 Å². The van der Waals surface area contributed by atoms with E-state index in [-0.39, 0.29) is 17.5 Å². The SMILES string of the molecule is Cc1ccc(C(=O)c2oc3ccccc3c2NC(=O)[C@H](C)Oc2ccc(C)c(C)c2)cc1. The van der Waals surface area contributed by atoms with E-state index in [1.807, 2.05) is 69.3 Å². The smallest absolute Gasteiger partial charge is 0.265 e. The molecule has 5 heteroatoms. The van der Waals surface area contributed by atoms with Crippen molar-refractivity contribution in [1.29, 1.82) is 0 Å². The Morgan fingerprint density at radius 3 is 2.34 bits per heavy atom. The molecule has 0 spiro atoms. The number of furan rings is 1. The number of aryl methyl sites for hydroxylation is 3. The van der Waals surface area contributed by atoms with E-state index in [4.69, 9.17) is 9.15 Å². The number of amides is 1. The van der Waals surface area contributed by atoms with Crippen LogP contribution in [0, 0.1) is 20.8 Å². The molecule has 0 aliphatic heterocycles. The molecule has 0 saturated heterocycles. The predicted molar refractivity (Wildman–Crippen MR) is 125 cm³/mol. The molecule has 162 valence electrons. The third-order valence-electron chi connectivity index (χ3n) is 5.52. The number of ketones is 1. The van der Waals surface area contributed by atoms with E-state index < -0.39 is 6.10 Å². The maximum atomic E-state index is 13.2. The Bertz CT molecular complexity index is 1300. The lowest BCUT2D eigenvalue weighted by atomic mass is 10.1. The third kappa shape index (κ3) is 4.28. The van der Waals surface area contributed by atoms with Crippen LogP contribution < -0.4 is 10.1 Å². The van der Waals surface area contributed by atoms with Crippen LogP contribution in [0.5, 0.6) is 5.75 Å². The number of anilines is 1. The van der Waals surface area contributed by atoms with Crippen molar-refractivity contribution in [3.05, 3.63) is 94.7 Å². The molecule has 0 saturated carbocycles. The van der Waals surface area contributed by atoms with Crippen LogP contribution in [0.1, 0.15) is 39.7 Å². The maximum Gasteiger partial charge on any atom is 0.265 e. The minimum atomic E-state index is -0.770. The van der Waals surface area contributed by atoms with E-state index in [0.29, 0.717) is 28.0 Å². The highest BCUT2D eigenvalue weighted by Gasteiger charge is 2.25. The van der Waals surface area contributed by atoms with Gasteiger partial charge in [0.25, 0.3) is 5.91 Å². The lowest BCUT2D eigenvalue weighted by molar-refractivity contribution is -0.122. The first-order chi connectivity index (χ1) is 15.3. The monoisotopic (exact) mass is 427 g/mol. The molecular weight excluding hydrogens is 402 g/mol. The Balaban J connectivity index is 1.63. The number of nitrogens with one attached hydrogen (secondary N) is 1. The molecule has 32 heavy (non-hydrogen) atoms. The van der Waals surface area contributed by atoms with Crippen molar-refractivity contribution in [2.75, 3.05) is 5.32 Å². The molecule has 0 radical (unpaired) electrons. The summed E-state index contributed by atoms with van der Waals surface area (Å²) in [4.78, 5) is 26.2. The molecule has 0 fully saturated rings. The number of ether oxygens (including phenoxy) is 1. The molecule has 0 aliphatic rings. The lowest BCUT2D eigenvalue weighted by Crippen LogP contribution is -2.30. The molecular formula is C27H25NO4. The van der Waals surface area contributed by atoms with E-state index in [1.54, 1.807) is 25.1 Å². The quantitative estimate of drug-likeness (QED) is 0.384. The minimum Gasteiger partial charge on any atom is -0.481 e. The summed E-state index contributed by atoms with van der Waals surface area (Å²) < 4.78 is 11.7. The topological polar surface area (TPSA) is 68.5 Å². The standard InChI is InChI=1S/C27H25NO4/c1-16-9-12-20(13-10-16)25(29)26-24(22-7-5-6-8-23(22)32-26)28-27(30)19(4)31-21-14-11-17(2)18(3)15-21/h5-15,19H,1-4H3,(H,28,30)/t19-/m0/s1. The van der Waals surface area contributed by atoms with Gasteiger partial charge in [0.1, 0.15) is 11.3 Å². The van der Waals surface area contributed by atoms with Gasteiger partial charge in [0.2, 0.25) is 5.78 Å². The van der Waals surface area contributed by atoms with Crippen molar-refractivity contribution in [3.63, 3.8) is 0 Å². The zero-order valence-corrected chi connectivity index (χ0v) is 18.6. The van der Waals surface area contributed by atoms with Gasteiger partial charge in [-0.05, 0) is 63.1 Å². The Morgan fingerprint density at radius 1 is 0.906 bits per heavy atom. The fourth-order valence-electron chi connectivity index (χ4n) is 3.44. The van der Waals surface area contributed by atoms with Gasteiger partial charge in [-0.25, -0.2) is 0 Å². The van der Waals surface area contributed by atoms with E-state index in [9.17, 15) is 9.59 Å². The maximum absolute atomic E-state index is 13.2. The van der Waals surface area contributed by atoms with Gasteiger partial charge in [0, 0.05) is 10.9 Å². The first-order valence-corrected chi connectivity index (χ1v) is 10.5. The molecule has 1 atom stereocenters. The van der Waals surface area contributed by atoms with Crippen LogP contribution in [0.15, 0.2) is 71.1 Å². The number of carbonyl (C=O) groups is 2. The van der Waals surface area contributed by atoms with E-state index in [2.05, 4.69) is 5.32 Å². The summed E-state index contributed by atoms with van der Waals surface area (Å²) >= 11 is 0. The third-order valence-corrected chi connectivity index (χ3v) is 5.52. The van der Waals surface area contributed by atoms with Crippen molar-refractivity contribution in [2.45, 2.75) is 33.8 Å². The number of rotatable bonds is 6. The zero-order chi connectivity index (χ0) is 22.8. The van der Waals surface area contributed by atoms with Crippen LogP contribution in [0.25, 0.3) is 11.0 Å². The molecule has 0 aliphatic carbocycles. The molecule has 5 nitrogen and oxygen atoms in total. The van der Waals surface area contributed by atoms with Gasteiger partial charge >= 0.3 is 0 Å². The molecule has 1 amide bonds. The average molecular weight is 428 g/mol. The number of fused-ring (bicyclic) bond motifs is 1. The first kappa shape index (κ1) is 21.4. The summed E-state index contributed by atoms with van der Waals surface area (Å²) in [5.74, 6) is 0.0532. The fraction of sp³-hybridized carbons (Fsp3) is 0.185. The van der Waals surface area contributed by atoms with Crippen molar-refractivity contribution in [3.8, 4) is 5.75 Å². The van der Waals surface area contributed by atoms with Crippen LogP contribution in [0.3, 0.4) is 0 Å². The van der Waals surface area contributed by atoms with E-state index in [0.717, 1.165) is 16.7 Å². The van der Waals surface area contributed by atoms with Gasteiger partial charge in [0.05, 0.1) is 5.69 Å². The molecule has 1 aromatic heterocycles. The van der Waals surface area contributed by atoms with Crippen LogP contribution in [-0.4, -0.2) is 17.8 Å². The molecule has 3 aromatic carbocycles. The van der Waals surface area contributed by atoms with Crippen molar-refractivity contribution < 1.29 is 18.7 Å². The fourth-order valence-corrected chi connectivity index (χ4v) is 3.44. The summed E-state index contributed by atoms with van der Waals surface area (Å²) in [5.41, 5.74) is 4.66. The molecule has 4 rings (SSSR count). The minimum absolute atomic E-state index is 0.0989. The summed E-state index contributed by atoms with van der Waals surface area (Å²) in [6.07, 6.45) is -0.770. The van der Waals surface area contributed by atoms with E-state index >= 15 is 0 Å². The zero-order valence-electron chi connectivity index (χ0n) is 18.6. The Kier molecular flexibility index (Phi) is 5.82. The number of para-hydroxylation sites is 1. The molecule has 0 unspecified atom stereocenters. The van der Waals surface area contributed by atoms with Gasteiger partial charge in [-0.15, -0.1) is 0 Å². The second-order valence-electron chi connectivity index (χ2n) is 7.99. The van der Waals surface area contributed by atoms with Gasteiger partial charge in [-0.2, -0.15) is 0 Å². The summed E-state index contributed by atoms with van der Waals surface area (Å²) in [6.45, 7) is 7.64. The number of hydrogen-bond donors (Lipinski definition) is 1. The molecule has 1 N–H and O–H groups in total. The highest BCUT2D eigenvalue weighted by atomic mass is 16.5. The highest BCUT2D eigenvalue weighted by molar-refractivity contribution is 6.17. The molecule has 0 bridgehead atoms. The van der Waals surface area contributed by atoms with Gasteiger partial charge in [0.15, 0.2) is 11.9 Å². The lowest BCUT2D eigenvalue weighted by Gasteiger charge is -2.15. The van der Waals surface area contributed by atoms with Crippen LogP contribution in [-0.2, 0) is 4.79 Å². The Hall–Kier alpha value is -3.86. The molecule has 1 heterocycles. The summed E-state index contributed by atoms with van der Waals surface area (Å²) in [5, 5.41) is 3.52. The van der Waals surface area contributed by atoms with Crippen molar-refractivity contribution in [1.82, 2.24) is 0 Å². The van der Waals surface area contributed by atoms with Crippen molar-refractivity contribution in [2.24, 2.45) is 0 Å². The summed E-state index contributed by atoms with van der Waals surface area (Å²) in [7, 11) is 0. The van der Waals surface area contributed by atoms with E-state index in [1.165, 1.54) is 0 Å². The van der Waals surface area contributed by atoms with Crippen LogP contribution in [0.2, 0.25) is 0 Å². The largest absolute Gasteiger partial charge is 0.481 e. The predicted octanol–water partition coefficient (Wildman–Crippen LogP) is 6.00. The first-order valence-electron chi connectivity index (χ1n) is 10.5. The molecule has 4 aromatic rings. The summed E-state index contributed by atoms with van der Waals surface area (Å²) in [6, 6.07) is 20.2. The second kappa shape index (κ2) is 8.71. The normalized spacial score (nSPS) is 11.9. The number of benzene rings is 3. The number of hydrogen-bond acceptors (Lipinski definition) is 4. The average Bonchev–Trinajstić information content (AvgIpc) is 3.14. The Morgan fingerprint density at radius 2 is 1.62 bits per heavy atom. The number of carbonyl (C=O) groups excluding carboxylic acids is 2. The van der Waals surface area contributed by atoms with Gasteiger partial charge in [-0.3, -0.25) is 9.59 Å². The second-order valence-corrected chi connectivity index (χ2v) is 7.99. The van der Waals surface area contributed by atoms with Crippen LogP contribution in [0.4, 0.5) is 5.69 Å². The highest BCUT2D eigenvalue weighted by Crippen LogP contribution is 2.33. The van der Waals surface area contributed by atoms with Gasteiger partial charge < -0.3 is 14.5 Å². The Labute approximate surface area is 187 Å². The van der Waals surface area contributed by atoms with Crippen LogP contribution >= 0.6 is 0 Å². The van der Waals surface area contributed by atoms with Crippen molar-refractivity contribution >= 4 is 28.3 Å².